The molecule has 2 saturated heterocycles. The van der Waals surface area contributed by atoms with E-state index < -0.39 is 6.10 Å². The summed E-state index contributed by atoms with van der Waals surface area (Å²) in [5.41, 5.74) is 0. The maximum Gasteiger partial charge on any atom is 0.184 e. The molecular formula is C10H18O3. The predicted molar refractivity (Wildman–Crippen MR) is 48.2 cm³/mol. The molecule has 5 atom stereocenters. The van der Waals surface area contributed by atoms with Crippen LogP contribution < -0.4 is 0 Å². The minimum atomic E-state index is -0.443. The fraction of sp³-hybridized carbons (Fsp3) is 1.00. The van der Waals surface area contributed by atoms with Gasteiger partial charge in [0.05, 0.1) is 12.2 Å². The van der Waals surface area contributed by atoms with Gasteiger partial charge in [-0.25, -0.2) is 0 Å². The van der Waals surface area contributed by atoms with Crippen molar-refractivity contribution in [3.8, 4) is 0 Å². The molecule has 0 aromatic carbocycles. The molecule has 0 spiro atoms. The second kappa shape index (κ2) is 3.23. The van der Waals surface area contributed by atoms with E-state index in [1.807, 2.05) is 6.92 Å². The van der Waals surface area contributed by atoms with E-state index in [0.29, 0.717) is 11.8 Å². The van der Waals surface area contributed by atoms with Crippen LogP contribution in [-0.2, 0) is 9.47 Å². The predicted octanol–water partition coefficient (Wildman–Crippen LogP) is 1.15. The van der Waals surface area contributed by atoms with Gasteiger partial charge in [-0.3, -0.25) is 0 Å². The lowest BCUT2D eigenvalue weighted by Gasteiger charge is -2.34. The summed E-state index contributed by atoms with van der Waals surface area (Å²) in [5, 5.41) is 9.89. The number of fused-ring (bicyclic) bond motifs is 2. The van der Waals surface area contributed by atoms with Gasteiger partial charge in [0.1, 0.15) is 6.10 Å². The van der Waals surface area contributed by atoms with Gasteiger partial charge in [0, 0.05) is 0 Å². The topological polar surface area (TPSA) is 38.7 Å². The second-order valence-electron chi connectivity index (χ2n) is 4.52. The Morgan fingerprint density at radius 2 is 2.00 bits per heavy atom. The fourth-order valence-corrected chi connectivity index (χ4v) is 2.30. The van der Waals surface area contributed by atoms with Crippen molar-refractivity contribution in [1.82, 2.24) is 0 Å². The summed E-state index contributed by atoms with van der Waals surface area (Å²) in [7, 11) is 0. The highest BCUT2D eigenvalue weighted by molar-refractivity contribution is 4.90. The van der Waals surface area contributed by atoms with Crippen LogP contribution in [0.3, 0.4) is 0 Å². The molecule has 3 heteroatoms. The van der Waals surface area contributed by atoms with Gasteiger partial charge in [-0.2, -0.15) is 0 Å². The minimum Gasteiger partial charge on any atom is -0.388 e. The van der Waals surface area contributed by atoms with Gasteiger partial charge in [-0.05, 0) is 25.2 Å². The third kappa shape index (κ3) is 1.49. The van der Waals surface area contributed by atoms with Crippen LogP contribution >= 0.6 is 0 Å². The van der Waals surface area contributed by atoms with Crippen LogP contribution in [0.4, 0.5) is 0 Å². The van der Waals surface area contributed by atoms with Crippen molar-refractivity contribution in [3.05, 3.63) is 0 Å². The number of rotatable bonds is 1. The molecule has 0 aliphatic carbocycles. The molecule has 2 heterocycles. The first-order valence-corrected chi connectivity index (χ1v) is 5.08. The van der Waals surface area contributed by atoms with Crippen LogP contribution in [0.1, 0.15) is 27.2 Å². The average Bonchev–Trinajstić information content (AvgIpc) is 2.36. The van der Waals surface area contributed by atoms with E-state index in [4.69, 9.17) is 9.47 Å². The molecule has 0 aromatic rings. The molecule has 0 radical (unpaired) electrons. The number of ether oxygens (including phenoxy) is 2. The van der Waals surface area contributed by atoms with Crippen LogP contribution in [0.5, 0.6) is 0 Å². The fourth-order valence-electron chi connectivity index (χ4n) is 2.30. The van der Waals surface area contributed by atoms with Crippen molar-refractivity contribution in [1.29, 1.82) is 0 Å². The number of hydrogen-bond acceptors (Lipinski definition) is 3. The monoisotopic (exact) mass is 186 g/mol. The Morgan fingerprint density at radius 3 is 2.62 bits per heavy atom. The Kier molecular flexibility index (Phi) is 2.34. The minimum absolute atomic E-state index is 0.142. The largest absolute Gasteiger partial charge is 0.388 e. The normalized spacial score (nSPS) is 50.1. The number of aliphatic hydroxyl groups is 1. The summed E-state index contributed by atoms with van der Waals surface area (Å²) in [6.45, 7) is 6.30. The van der Waals surface area contributed by atoms with Gasteiger partial charge in [-0.15, -0.1) is 0 Å². The maximum atomic E-state index is 9.89. The van der Waals surface area contributed by atoms with Crippen LogP contribution in [-0.4, -0.2) is 29.7 Å². The van der Waals surface area contributed by atoms with E-state index in [-0.39, 0.29) is 18.5 Å². The highest BCUT2D eigenvalue weighted by Crippen LogP contribution is 2.38. The first-order chi connectivity index (χ1) is 6.09. The summed E-state index contributed by atoms with van der Waals surface area (Å²) in [6.07, 6.45) is 0.447. The SMILES string of the molecule is CC(C)[C@@H]1C[C@@H]2O[C@@H](O[C@H]2C)[C@H]1O. The summed E-state index contributed by atoms with van der Waals surface area (Å²) in [4.78, 5) is 0. The van der Waals surface area contributed by atoms with Crippen molar-refractivity contribution >= 4 is 0 Å². The first kappa shape index (κ1) is 9.44. The van der Waals surface area contributed by atoms with E-state index in [1.165, 1.54) is 0 Å². The molecule has 13 heavy (non-hydrogen) atoms. The van der Waals surface area contributed by atoms with E-state index in [1.54, 1.807) is 0 Å². The van der Waals surface area contributed by atoms with Gasteiger partial charge < -0.3 is 14.6 Å². The lowest BCUT2D eigenvalue weighted by Crippen LogP contribution is -2.42. The van der Waals surface area contributed by atoms with Gasteiger partial charge in [0.25, 0.3) is 0 Å². The van der Waals surface area contributed by atoms with Crippen molar-refractivity contribution in [2.75, 3.05) is 0 Å². The van der Waals surface area contributed by atoms with Crippen LogP contribution in [0.2, 0.25) is 0 Å². The molecule has 3 nitrogen and oxygen atoms in total. The molecule has 0 unspecified atom stereocenters. The Balaban J connectivity index is 2.11. The summed E-state index contributed by atoms with van der Waals surface area (Å²) < 4.78 is 11.0. The molecule has 76 valence electrons. The molecule has 2 aliphatic rings. The van der Waals surface area contributed by atoms with Crippen LogP contribution in [0.15, 0.2) is 0 Å². The molecule has 2 bridgehead atoms. The Hall–Kier alpha value is -0.120. The summed E-state index contributed by atoms with van der Waals surface area (Å²) in [5.74, 6) is 0.825. The van der Waals surface area contributed by atoms with E-state index in [2.05, 4.69) is 13.8 Å². The lowest BCUT2D eigenvalue weighted by atomic mass is 9.83. The molecule has 2 aliphatic heterocycles. The van der Waals surface area contributed by atoms with Crippen molar-refractivity contribution in [3.63, 3.8) is 0 Å². The zero-order valence-electron chi connectivity index (χ0n) is 8.43. The lowest BCUT2D eigenvalue weighted by molar-refractivity contribution is -0.183. The van der Waals surface area contributed by atoms with Gasteiger partial charge in [-0.1, -0.05) is 13.8 Å². The van der Waals surface area contributed by atoms with Gasteiger partial charge in [0.15, 0.2) is 6.29 Å². The molecule has 1 N–H and O–H groups in total. The third-order valence-electron chi connectivity index (χ3n) is 3.26. The van der Waals surface area contributed by atoms with Crippen molar-refractivity contribution in [2.45, 2.75) is 51.8 Å². The quantitative estimate of drug-likeness (QED) is 0.667. The van der Waals surface area contributed by atoms with Gasteiger partial charge in [0.2, 0.25) is 0 Å². The van der Waals surface area contributed by atoms with E-state index >= 15 is 0 Å². The molecule has 0 aromatic heterocycles. The zero-order valence-corrected chi connectivity index (χ0v) is 8.43. The Bertz CT molecular complexity index is 191. The summed E-state index contributed by atoms with van der Waals surface area (Å²) in [6, 6.07) is 0. The highest BCUT2D eigenvalue weighted by atomic mass is 16.7. The summed E-state index contributed by atoms with van der Waals surface area (Å²) >= 11 is 0. The van der Waals surface area contributed by atoms with Crippen molar-refractivity contribution < 1.29 is 14.6 Å². The standard InChI is InChI=1S/C10H18O3/c1-5(2)7-4-8-6(3)12-10(13-8)9(7)11/h5-11H,4H2,1-3H3/t6-,7-,8-,9-,10+/m0/s1. The highest BCUT2D eigenvalue weighted by Gasteiger charge is 2.47. The first-order valence-electron chi connectivity index (χ1n) is 5.08. The average molecular weight is 186 g/mol. The molecular weight excluding hydrogens is 168 g/mol. The number of aliphatic hydroxyl groups excluding tert-OH is 1. The zero-order chi connectivity index (χ0) is 9.59. The smallest absolute Gasteiger partial charge is 0.184 e. The molecule has 0 saturated carbocycles. The number of hydrogen-bond donors (Lipinski definition) is 1. The van der Waals surface area contributed by atoms with Crippen LogP contribution in [0, 0.1) is 11.8 Å². The van der Waals surface area contributed by atoms with Gasteiger partial charge >= 0.3 is 0 Å². The van der Waals surface area contributed by atoms with Crippen molar-refractivity contribution in [2.24, 2.45) is 11.8 Å². The molecule has 2 rings (SSSR count). The maximum absolute atomic E-state index is 9.89. The van der Waals surface area contributed by atoms with E-state index in [0.717, 1.165) is 6.42 Å². The van der Waals surface area contributed by atoms with Crippen LogP contribution in [0.25, 0.3) is 0 Å². The molecule has 0 amide bonds. The third-order valence-corrected chi connectivity index (χ3v) is 3.26. The van der Waals surface area contributed by atoms with E-state index in [9.17, 15) is 5.11 Å². The Labute approximate surface area is 79.0 Å². The molecule has 2 fully saturated rings. The Morgan fingerprint density at radius 1 is 1.31 bits per heavy atom. The second-order valence-corrected chi connectivity index (χ2v) is 4.52.